The van der Waals surface area contributed by atoms with E-state index in [0.29, 0.717) is 18.3 Å². The van der Waals surface area contributed by atoms with Crippen LogP contribution in [-0.4, -0.2) is 43.4 Å². The zero-order valence-electron chi connectivity index (χ0n) is 13.0. The zero-order chi connectivity index (χ0) is 15.5. The second-order valence-corrected chi connectivity index (χ2v) is 5.97. The van der Waals surface area contributed by atoms with E-state index in [1.165, 1.54) is 6.20 Å². The molecule has 1 aliphatic rings. The molecule has 2 aromatic rings. The van der Waals surface area contributed by atoms with E-state index in [9.17, 15) is 4.79 Å². The van der Waals surface area contributed by atoms with Crippen LogP contribution in [0, 0.1) is 0 Å². The Kier molecular flexibility index (Phi) is 4.18. The molecule has 116 valence electrons. The number of hydrogen-bond acceptors (Lipinski definition) is 4. The molecule has 0 bridgehead atoms. The van der Waals surface area contributed by atoms with Crippen molar-refractivity contribution in [1.29, 1.82) is 0 Å². The van der Waals surface area contributed by atoms with Gasteiger partial charge in [0.2, 0.25) is 0 Å². The van der Waals surface area contributed by atoms with Crippen LogP contribution >= 0.6 is 0 Å². The van der Waals surface area contributed by atoms with Crippen molar-refractivity contribution in [2.24, 2.45) is 0 Å². The summed E-state index contributed by atoms with van der Waals surface area (Å²) in [5.74, 6) is 1.32. The van der Waals surface area contributed by atoms with E-state index < -0.39 is 0 Å². The zero-order valence-corrected chi connectivity index (χ0v) is 13.0. The van der Waals surface area contributed by atoms with E-state index in [0.717, 1.165) is 25.2 Å². The molecule has 1 atom stereocenters. The lowest BCUT2D eigenvalue weighted by molar-refractivity contribution is 0.0696. The predicted molar refractivity (Wildman–Crippen MR) is 82.5 cm³/mol. The third-order valence-corrected chi connectivity index (χ3v) is 4.11. The molecule has 1 fully saturated rings. The van der Waals surface area contributed by atoms with Gasteiger partial charge in [-0.25, -0.2) is 9.97 Å². The molecule has 0 radical (unpaired) electrons. The molecule has 0 unspecified atom stereocenters. The maximum Gasteiger partial charge on any atom is 0.274 e. The van der Waals surface area contributed by atoms with Gasteiger partial charge in [0.25, 0.3) is 5.91 Å². The Balaban J connectivity index is 1.77. The van der Waals surface area contributed by atoms with Gasteiger partial charge in [0.15, 0.2) is 0 Å². The van der Waals surface area contributed by atoms with Gasteiger partial charge in [-0.2, -0.15) is 0 Å². The molecule has 1 saturated heterocycles. The number of rotatable bonds is 3. The minimum Gasteiger partial charge on any atom is -0.337 e. The number of amides is 1. The van der Waals surface area contributed by atoms with E-state index in [4.69, 9.17) is 0 Å². The maximum absolute atomic E-state index is 12.5. The van der Waals surface area contributed by atoms with E-state index in [1.807, 2.05) is 17.3 Å². The van der Waals surface area contributed by atoms with E-state index in [-0.39, 0.29) is 11.8 Å². The largest absolute Gasteiger partial charge is 0.337 e. The number of nitrogens with zero attached hydrogens (tertiary/aromatic N) is 5. The molecular formula is C16H21N5O. The first-order chi connectivity index (χ1) is 10.7. The Hall–Kier alpha value is -2.24. The highest BCUT2D eigenvalue weighted by molar-refractivity contribution is 5.92. The summed E-state index contributed by atoms with van der Waals surface area (Å²) >= 11 is 0. The fourth-order valence-corrected chi connectivity index (χ4v) is 3.02. The minimum absolute atomic E-state index is 0.0412. The van der Waals surface area contributed by atoms with Crippen molar-refractivity contribution in [1.82, 2.24) is 24.4 Å². The number of aromatic nitrogens is 4. The highest BCUT2D eigenvalue weighted by Gasteiger charge is 2.28. The van der Waals surface area contributed by atoms with Crippen LogP contribution in [0.25, 0.3) is 0 Å². The summed E-state index contributed by atoms with van der Waals surface area (Å²) in [6.07, 6.45) is 10.6. The number of hydrogen-bond donors (Lipinski definition) is 0. The Morgan fingerprint density at radius 2 is 2.14 bits per heavy atom. The summed E-state index contributed by atoms with van der Waals surface area (Å²) < 4.78 is 2.20. The molecule has 0 spiro atoms. The van der Waals surface area contributed by atoms with Crippen molar-refractivity contribution in [3.05, 3.63) is 42.5 Å². The van der Waals surface area contributed by atoms with Gasteiger partial charge < -0.3 is 9.47 Å². The summed E-state index contributed by atoms with van der Waals surface area (Å²) in [6.45, 7) is 5.76. The van der Waals surface area contributed by atoms with Crippen LogP contribution in [0.2, 0.25) is 0 Å². The maximum atomic E-state index is 12.5. The fourth-order valence-electron chi connectivity index (χ4n) is 3.02. The molecule has 6 nitrogen and oxygen atoms in total. The normalized spacial score (nSPS) is 18.7. The van der Waals surface area contributed by atoms with Gasteiger partial charge in [-0.3, -0.25) is 9.78 Å². The van der Waals surface area contributed by atoms with Crippen LogP contribution in [0.4, 0.5) is 0 Å². The number of imidazole rings is 1. The van der Waals surface area contributed by atoms with Crippen LogP contribution in [0.1, 0.15) is 55.0 Å². The average Bonchev–Trinajstić information content (AvgIpc) is 3.05. The van der Waals surface area contributed by atoms with E-state index in [1.54, 1.807) is 12.4 Å². The highest BCUT2D eigenvalue weighted by atomic mass is 16.2. The average molecular weight is 299 g/mol. The summed E-state index contributed by atoms with van der Waals surface area (Å²) in [5, 5.41) is 0. The first kappa shape index (κ1) is 14.7. The molecule has 1 aliphatic heterocycles. The third-order valence-electron chi connectivity index (χ3n) is 4.11. The van der Waals surface area contributed by atoms with Gasteiger partial charge in [0.05, 0.1) is 6.20 Å². The van der Waals surface area contributed by atoms with Crippen LogP contribution in [-0.2, 0) is 0 Å². The van der Waals surface area contributed by atoms with E-state index >= 15 is 0 Å². The lowest BCUT2D eigenvalue weighted by Gasteiger charge is -2.32. The van der Waals surface area contributed by atoms with Crippen LogP contribution in [0.5, 0.6) is 0 Å². The summed E-state index contributed by atoms with van der Waals surface area (Å²) in [7, 11) is 0. The molecule has 2 aromatic heterocycles. The quantitative estimate of drug-likeness (QED) is 0.872. The first-order valence-corrected chi connectivity index (χ1v) is 7.75. The summed E-state index contributed by atoms with van der Waals surface area (Å²) in [4.78, 5) is 27.0. The Bertz CT molecular complexity index is 637. The molecule has 0 N–H and O–H groups in total. The fraction of sp³-hybridized carbons (Fsp3) is 0.500. The second kappa shape index (κ2) is 6.25. The van der Waals surface area contributed by atoms with Gasteiger partial charge in [-0.05, 0) is 26.7 Å². The van der Waals surface area contributed by atoms with Gasteiger partial charge in [0, 0.05) is 49.8 Å². The van der Waals surface area contributed by atoms with Gasteiger partial charge in [-0.1, -0.05) is 0 Å². The van der Waals surface area contributed by atoms with Crippen molar-refractivity contribution >= 4 is 5.91 Å². The second-order valence-electron chi connectivity index (χ2n) is 5.97. The Morgan fingerprint density at radius 3 is 2.86 bits per heavy atom. The molecule has 22 heavy (non-hydrogen) atoms. The van der Waals surface area contributed by atoms with Crippen molar-refractivity contribution in [2.45, 2.75) is 38.6 Å². The lowest BCUT2D eigenvalue weighted by Crippen LogP contribution is -2.40. The topological polar surface area (TPSA) is 63.9 Å². The smallest absolute Gasteiger partial charge is 0.274 e. The standard InChI is InChI=1S/C16H21N5O/c1-12(2)21-9-7-19-15(21)13-4-3-8-20(11-13)16(22)14-10-17-5-6-18-14/h5-7,9-10,12-13H,3-4,8,11H2,1-2H3/t13-/m0/s1. The Labute approximate surface area is 130 Å². The van der Waals surface area contributed by atoms with Crippen molar-refractivity contribution in [3.8, 4) is 0 Å². The molecule has 3 heterocycles. The summed E-state index contributed by atoms with van der Waals surface area (Å²) in [6, 6.07) is 0.378. The number of piperidine rings is 1. The molecule has 0 aliphatic carbocycles. The van der Waals surface area contributed by atoms with Gasteiger partial charge >= 0.3 is 0 Å². The number of likely N-dealkylation sites (tertiary alicyclic amines) is 1. The molecule has 6 heteroatoms. The molecule has 1 amide bonds. The SMILES string of the molecule is CC(C)n1ccnc1[C@H]1CCCN(C(=O)c2cnccn2)C1. The highest BCUT2D eigenvalue weighted by Crippen LogP contribution is 2.28. The minimum atomic E-state index is -0.0412. The van der Waals surface area contributed by atoms with Crippen LogP contribution in [0.15, 0.2) is 31.0 Å². The van der Waals surface area contributed by atoms with Gasteiger partial charge in [0.1, 0.15) is 11.5 Å². The Morgan fingerprint density at radius 1 is 1.27 bits per heavy atom. The number of carbonyl (C=O) groups excluding carboxylic acids is 1. The van der Waals surface area contributed by atoms with E-state index in [2.05, 4.69) is 33.4 Å². The third kappa shape index (κ3) is 2.86. The van der Waals surface area contributed by atoms with Crippen molar-refractivity contribution in [3.63, 3.8) is 0 Å². The van der Waals surface area contributed by atoms with Crippen LogP contribution in [0.3, 0.4) is 0 Å². The molecule has 3 rings (SSSR count). The van der Waals surface area contributed by atoms with Gasteiger partial charge in [-0.15, -0.1) is 0 Å². The molecule has 0 aromatic carbocycles. The monoisotopic (exact) mass is 299 g/mol. The number of carbonyl (C=O) groups is 1. The molecular weight excluding hydrogens is 278 g/mol. The van der Waals surface area contributed by atoms with Crippen molar-refractivity contribution in [2.75, 3.05) is 13.1 Å². The lowest BCUT2D eigenvalue weighted by atomic mass is 9.96. The molecule has 0 saturated carbocycles. The summed E-state index contributed by atoms with van der Waals surface area (Å²) in [5.41, 5.74) is 0.412. The first-order valence-electron chi connectivity index (χ1n) is 7.75. The van der Waals surface area contributed by atoms with Crippen LogP contribution < -0.4 is 0 Å². The van der Waals surface area contributed by atoms with Crippen molar-refractivity contribution < 1.29 is 4.79 Å². The predicted octanol–water partition coefficient (Wildman–Crippen LogP) is 2.27.